The lowest BCUT2D eigenvalue weighted by atomic mass is 10.1. The third-order valence-corrected chi connectivity index (χ3v) is 4.90. The van der Waals surface area contributed by atoms with Crippen LogP contribution in [0.4, 0.5) is 13.2 Å². The maximum absolute atomic E-state index is 12.7. The van der Waals surface area contributed by atoms with Crippen molar-refractivity contribution in [3.05, 3.63) is 35.4 Å². The van der Waals surface area contributed by atoms with E-state index in [2.05, 4.69) is 4.90 Å². The highest BCUT2D eigenvalue weighted by Crippen LogP contribution is 2.32. The van der Waals surface area contributed by atoms with Crippen LogP contribution in [0.1, 0.15) is 30.4 Å². The largest absolute Gasteiger partial charge is 0.416 e. The molecule has 0 bridgehead atoms. The minimum atomic E-state index is -4.33. The number of alkyl halides is 3. The summed E-state index contributed by atoms with van der Waals surface area (Å²) in [5.41, 5.74) is 0.0759. The predicted molar refractivity (Wildman–Crippen MR) is 91.5 cm³/mol. The van der Waals surface area contributed by atoms with Crippen LogP contribution in [0.25, 0.3) is 0 Å². The molecule has 0 aromatic heterocycles. The predicted octanol–water partition coefficient (Wildman–Crippen LogP) is 3.17. The van der Waals surface area contributed by atoms with Crippen LogP contribution in [0.3, 0.4) is 0 Å². The molecule has 0 spiro atoms. The SMILES string of the molecule is O=C(C1CC1)N(CCCN1CCOCC1)Cc1ccc(C(F)(F)F)cc1. The van der Waals surface area contributed by atoms with Crippen LogP contribution in [0.2, 0.25) is 0 Å². The Morgan fingerprint density at radius 2 is 1.81 bits per heavy atom. The van der Waals surface area contributed by atoms with Gasteiger partial charge in [-0.3, -0.25) is 9.69 Å². The number of benzene rings is 1. The molecule has 2 fully saturated rings. The van der Waals surface area contributed by atoms with Gasteiger partial charge in [0.05, 0.1) is 18.8 Å². The quantitative estimate of drug-likeness (QED) is 0.739. The summed E-state index contributed by atoms with van der Waals surface area (Å²) in [7, 11) is 0. The monoisotopic (exact) mass is 370 g/mol. The number of hydrogen-bond donors (Lipinski definition) is 0. The Morgan fingerprint density at radius 1 is 1.15 bits per heavy atom. The summed E-state index contributed by atoms with van der Waals surface area (Å²) < 4.78 is 43.4. The molecule has 2 aliphatic rings. The van der Waals surface area contributed by atoms with Gasteiger partial charge in [0, 0.05) is 38.6 Å². The fourth-order valence-electron chi connectivity index (χ4n) is 3.19. The van der Waals surface area contributed by atoms with Crippen molar-refractivity contribution in [1.29, 1.82) is 0 Å². The Kier molecular flexibility index (Phi) is 6.19. The van der Waals surface area contributed by atoms with E-state index in [4.69, 9.17) is 4.74 Å². The van der Waals surface area contributed by atoms with E-state index in [0.717, 1.165) is 69.8 Å². The molecule has 0 unspecified atom stereocenters. The first-order valence-electron chi connectivity index (χ1n) is 9.18. The van der Waals surface area contributed by atoms with Crippen LogP contribution >= 0.6 is 0 Å². The number of halogens is 3. The molecule has 0 atom stereocenters. The van der Waals surface area contributed by atoms with E-state index in [1.54, 1.807) is 4.90 Å². The Balaban J connectivity index is 1.56. The molecule has 4 nitrogen and oxygen atoms in total. The molecule has 1 aliphatic heterocycles. The number of nitrogens with zero attached hydrogens (tertiary/aromatic N) is 2. The van der Waals surface area contributed by atoms with E-state index in [-0.39, 0.29) is 11.8 Å². The Morgan fingerprint density at radius 3 is 2.38 bits per heavy atom. The molecule has 0 N–H and O–H groups in total. The summed E-state index contributed by atoms with van der Waals surface area (Å²) in [5.74, 6) is 0.236. The normalized spacial score (nSPS) is 18.7. The molecule has 1 saturated heterocycles. The average molecular weight is 370 g/mol. The van der Waals surface area contributed by atoms with Gasteiger partial charge in [0.2, 0.25) is 5.91 Å². The van der Waals surface area contributed by atoms with Crippen molar-refractivity contribution < 1.29 is 22.7 Å². The molecular weight excluding hydrogens is 345 g/mol. The van der Waals surface area contributed by atoms with Gasteiger partial charge in [0.15, 0.2) is 0 Å². The summed E-state index contributed by atoms with van der Waals surface area (Å²) in [5, 5.41) is 0. The van der Waals surface area contributed by atoms with Gasteiger partial charge in [-0.15, -0.1) is 0 Å². The topological polar surface area (TPSA) is 32.8 Å². The third kappa shape index (κ3) is 5.45. The summed E-state index contributed by atoms with van der Waals surface area (Å²) in [4.78, 5) is 16.7. The fraction of sp³-hybridized carbons (Fsp3) is 0.632. The number of carbonyl (C=O) groups is 1. The lowest BCUT2D eigenvalue weighted by molar-refractivity contribution is -0.137. The Hall–Kier alpha value is -1.60. The summed E-state index contributed by atoms with van der Waals surface area (Å²) >= 11 is 0. The lowest BCUT2D eigenvalue weighted by Crippen LogP contribution is -2.39. The molecule has 1 saturated carbocycles. The molecule has 26 heavy (non-hydrogen) atoms. The van der Waals surface area contributed by atoms with Crippen LogP contribution in [0.15, 0.2) is 24.3 Å². The van der Waals surface area contributed by atoms with Crippen molar-refractivity contribution in [2.45, 2.75) is 32.0 Å². The van der Waals surface area contributed by atoms with Crippen LogP contribution in [-0.2, 0) is 22.3 Å². The number of hydrogen-bond acceptors (Lipinski definition) is 3. The number of carbonyl (C=O) groups excluding carboxylic acids is 1. The van der Waals surface area contributed by atoms with Gasteiger partial charge in [-0.2, -0.15) is 13.2 Å². The summed E-state index contributed by atoms with van der Waals surface area (Å²) in [6, 6.07) is 5.11. The number of morpholine rings is 1. The number of ether oxygens (including phenoxy) is 1. The van der Waals surface area contributed by atoms with E-state index in [0.29, 0.717) is 13.1 Å². The van der Waals surface area contributed by atoms with Crippen LogP contribution in [-0.4, -0.2) is 55.1 Å². The molecule has 1 aromatic rings. The molecular formula is C19H25F3N2O2. The molecule has 0 radical (unpaired) electrons. The Labute approximate surface area is 151 Å². The van der Waals surface area contributed by atoms with Gasteiger partial charge in [0.1, 0.15) is 0 Å². The van der Waals surface area contributed by atoms with Gasteiger partial charge >= 0.3 is 6.18 Å². The van der Waals surface area contributed by atoms with E-state index < -0.39 is 11.7 Å². The first-order chi connectivity index (χ1) is 12.4. The maximum atomic E-state index is 12.7. The molecule has 1 heterocycles. The summed E-state index contributed by atoms with van der Waals surface area (Å²) in [6.07, 6.45) is -1.63. The molecule has 7 heteroatoms. The lowest BCUT2D eigenvalue weighted by Gasteiger charge is -2.28. The first kappa shape index (κ1) is 19.2. The van der Waals surface area contributed by atoms with Crippen molar-refractivity contribution in [1.82, 2.24) is 9.80 Å². The third-order valence-electron chi connectivity index (χ3n) is 4.90. The van der Waals surface area contributed by atoms with E-state index >= 15 is 0 Å². The van der Waals surface area contributed by atoms with Gasteiger partial charge in [-0.25, -0.2) is 0 Å². The van der Waals surface area contributed by atoms with Crippen molar-refractivity contribution >= 4 is 5.91 Å². The molecule has 144 valence electrons. The van der Waals surface area contributed by atoms with Gasteiger partial charge < -0.3 is 9.64 Å². The standard InChI is InChI=1S/C19H25F3N2O2/c20-19(21,22)17-6-2-15(3-7-17)14-24(18(25)16-4-5-16)9-1-8-23-10-12-26-13-11-23/h2-3,6-7,16H,1,4-5,8-14H2. The van der Waals surface area contributed by atoms with E-state index in [1.165, 1.54) is 12.1 Å². The highest BCUT2D eigenvalue weighted by atomic mass is 19.4. The van der Waals surface area contributed by atoms with Gasteiger partial charge in [0.25, 0.3) is 0 Å². The van der Waals surface area contributed by atoms with Crippen LogP contribution in [0.5, 0.6) is 0 Å². The molecule has 3 rings (SSSR count). The second-order valence-corrected chi connectivity index (χ2v) is 7.04. The zero-order chi connectivity index (χ0) is 18.6. The fourth-order valence-corrected chi connectivity index (χ4v) is 3.19. The number of amides is 1. The minimum Gasteiger partial charge on any atom is -0.379 e. The average Bonchev–Trinajstić information content (AvgIpc) is 3.46. The van der Waals surface area contributed by atoms with Gasteiger partial charge in [-0.05, 0) is 37.0 Å². The van der Waals surface area contributed by atoms with Crippen molar-refractivity contribution in [2.75, 3.05) is 39.4 Å². The van der Waals surface area contributed by atoms with Crippen LogP contribution in [0, 0.1) is 5.92 Å². The highest BCUT2D eigenvalue weighted by Gasteiger charge is 2.33. The second kappa shape index (κ2) is 8.39. The zero-order valence-electron chi connectivity index (χ0n) is 14.8. The van der Waals surface area contributed by atoms with Crippen molar-refractivity contribution in [3.8, 4) is 0 Å². The van der Waals surface area contributed by atoms with E-state index in [9.17, 15) is 18.0 Å². The Bertz CT molecular complexity index is 594. The minimum absolute atomic E-state index is 0.104. The smallest absolute Gasteiger partial charge is 0.379 e. The van der Waals surface area contributed by atoms with Gasteiger partial charge in [-0.1, -0.05) is 12.1 Å². The highest BCUT2D eigenvalue weighted by molar-refractivity contribution is 5.81. The summed E-state index contributed by atoms with van der Waals surface area (Å²) in [6.45, 7) is 5.23. The zero-order valence-corrected chi connectivity index (χ0v) is 14.8. The molecule has 1 amide bonds. The van der Waals surface area contributed by atoms with Crippen molar-refractivity contribution in [3.63, 3.8) is 0 Å². The van der Waals surface area contributed by atoms with E-state index in [1.807, 2.05) is 0 Å². The molecule has 1 aliphatic carbocycles. The van der Waals surface area contributed by atoms with Crippen LogP contribution < -0.4 is 0 Å². The second-order valence-electron chi connectivity index (χ2n) is 7.04. The first-order valence-corrected chi connectivity index (χ1v) is 9.18. The molecule has 1 aromatic carbocycles. The number of rotatable bonds is 7. The van der Waals surface area contributed by atoms with Crippen molar-refractivity contribution in [2.24, 2.45) is 5.92 Å². The maximum Gasteiger partial charge on any atom is 0.416 e.